The van der Waals surface area contributed by atoms with Gasteiger partial charge in [0.15, 0.2) is 0 Å². The van der Waals surface area contributed by atoms with E-state index in [0.29, 0.717) is 21.5 Å². The third-order valence-electron chi connectivity index (χ3n) is 2.31. The number of rotatable bonds is 2. The zero-order valence-electron chi connectivity index (χ0n) is 9.15. The summed E-state index contributed by atoms with van der Waals surface area (Å²) in [4.78, 5) is 15.7. The van der Waals surface area contributed by atoms with E-state index in [1.165, 1.54) is 6.92 Å². The van der Waals surface area contributed by atoms with E-state index in [1.54, 1.807) is 0 Å². The van der Waals surface area contributed by atoms with Gasteiger partial charge in [-0.15, -0.1) is 5.10 Å². The molecule has 0 aliphatic rings. The predicted octanol–water partition coefficient (Wildman–Crippen LogP) is 1.01. The lowest BCUT2D eigenvalue weighted by molar-refractivity contribution is -0.138. The summed E-state index contributed by atoms with van der Waals surface area (Å²) in [5.41, 5.74) is -0.182. The Bertz CT molecular complexity index is 647. The molecule has 0 radical (unpaired) electrons. The van der Waals surface area contributed by atoms with Gasteiger partial charge in [0, 0.05) is 24.3 Å². The minimum atomic E-state index is -4.60. The highest BCUT2D eigenvalue weighted by Crippen LogP contribution is 2.31. The Kier molecular flexibility index (Phi) is 3.11. The summed E-state index contributed by atoms with van der Waals surface area (Å²) >= 11 is 0.313. The number of aliphatic hydroxyl groups is 1. The molecular formula is C9H8F3N3O2S. The molecule has 9 heteroatoms. The molecule has 0 amide bonds. The number of hydrogen-bond donors (Lipinski definition) is 1. The lowest BCUT2D eigenvalue weighted by Gasteiger charge is -2.01. The van der Waals surface area contributed by atoms with E-state index in [1.807, 2.05) is 0 Å². The van der Waals surface area contributed by atoms with E-state index in [4.69, 9.17) is 5.11 Å². The molecule has 0 spiro atoms. The van der Waals surface area contributed by atoms with Crippen LogP contribution in [0.1, 0.15) is 16.3 Å². The molecule has 2 aromatic heterocycles. The molecule has 2 rings (SSSR count). The first-order valence-corrected chi connectivity index (χ1v) is 5.73. The van der Waals surface area contributed by atoms with E-state index >= 15 is 0 Å². The van der Waals surface area contributed by atoms with Crippen LogP contribution < -0.4 is 5.56 Å². The fourth-order valence-corrected chi connectivity index (χ4v) is 2.30. The molecule has 2 aromatic rings. The molecule has 0 aliphatic carbocycles. The van der Waals surface area contributed by atoms with E-state index < -0.39 is 16.7 Å². The van der Waals surface area contributed by atoms with Crippen LogP contribution in [-0.2, 0) is 12.6 Å². The third kappa shape index (κ3) is 2.10. The number of alkyl halides is 3. The average Bonchev–Trinajstić information content (AvgIpc) is 2.67. The second kappa shape index (κ2) is 4.32. The van der Waals surface area contributed by atoms with Crippen molar-refractivity contribution in [1.29, 1.82) is 0 Å². The van der Waals surface area contributed by atoms with Crippen LogP contribution in [0.2, 0.25) is 0 Å². The van der Waals surface area contributed by atoms with Crippen molar-refractivity contribution in [2.45, 2.75) is 19.5 Å². The Balaban J connectivity index is 2.71. The topological polar surface area (TPSA) is 67.5 Å². The second-order valence-corrected chi connectivity index (χ2v) is 4.51. The summed E-state index contributed by atoms with van der Waals surface area (Å²) in [5.74, 6) is 0. The quantitative estimate of drug-likeness (QED) is 0.891. The Morgan fingerprint density at radius 3 is 2.67 bits per heavy atom. The van der Waals surface area contributed by atoms with Crippen molar-refractivity contribution in [1.82, 2.24) is 14.6 Å². The fourth-order valence-electron chi connectivity index (χ4n) is 1.49. The van der Waals surface area contributed by atoms with Crippen LogP contribution in [0.4, 0.5) is 13.2 Å². The largest absolute Gasteiger partial charge is 0.445 e. The number of aliphatic hydroxyl groups excluding tert-OH is 1. The molecule has 18 heavy (non-hydrogen) atoms. The molecule has 98 valence electrons. The predicted molar refractivity (Wildman–Crippen MR) is 57.7 cm³/mol. The van der Waals surface area contributed by atoms with Crippen LogP contribution in [0.15, 0.2) is 4.79 Å². The molecule has 0 unspecified atom stereocenters. The van der Waals surface area contributed by atoms with Crippen molar-refractivity contribution >= 4 is 16.3 Å². The molecule has 0 fully saturated rings. The third-order valence-corrected chi connectivity index (χ3v) is 3.27. The van der Waals surface area contributed by atoms with Crippen molar-refractivity contribution in [3.8, 4) is 0 Å². The highest BCUT2D eigenvalue weighted by Gasteiger charge is 2.36. The van der Waals surface area contributed by atoms with Gasteiger partial charge >= 0.3 is 6.18 Å². The Morgan fingerprint density at radius 2 is 2.11 bits per heavy atom. The Labute approximate surface area is 103 Å². The molecule has 2 heterocycles. The van der Waals surface area contributed by atoms with Crippen molar-refractivity contribution in [2.75, 3.05) is 6.61 Å². The van der Waals surface area contributed by atoms with E-state index in [0.717, 1.165) is 0 Å². The van der Waals surface area contributed by atoms with Gasteiger partial charge in [-0.2, -0.15) is 17.7 Å². The number of fused-ring (bicyclic) bond motifs is 1. The molecule has 0 saturated heterocycles. The van der Waals surface area contributed by atoms with Gasteiger partial charge < -0.3 is 5.11 Å². The number of aryl methyl sites for hydroxylation is 1. The maximum absolute atomic E-state index is 12.5. The van der Waals surface area contributed by atoms with Gasteiger partial charge in [-0.25, -0.2) is 4.98 Å². The Morgan fingerprint density at radius 1 is 1.44 bits per heavy atom. The normalized spacial score (nSPS) is 12.3. The van der Waals surface area contributed by atoms with Gasteiger partial charge in [0.25, 0.3) is 5.56 Å². The van der Waals surface area contributed by atoms with Crippen LogP contribution in [0.5, 0.6) is 0 Å². The summed E-state index contributed by atoms with van der Waals surface area (Å²) in [6, 6.07) is 0. The number of halogens is 3. The minimum Gasteiger partial charge on any atom is -0.396 e. The van der Waals surface area contributed by atoms with Crippen molar-refractivity contribution in [3.05, 3.63) is 26.6 Å². The monoisotopic (exact) mass is 279 g/mol. The van der Waals surface area contributed by atoms with Crippen LogP contribution in [-0.4, -0.2) is 26.3 Å². The molecule has 0 saturated carbocycles. The van der Waals surface area contributed by atoms with E-state index in [2.05, 4.69) is 10.1 Å². The van der Waals surface area contributed by atoms with Crippen LogP contribution in [0, 0.1) is 6.92 Å². The van der Waals surface area contributed by atoms with Crippen LogP contribution in [0.25, 0.3) is 4.96 Å². The zero-order valence-corrected chi connectivity index (χ0v) is 9.97. The number of nitrogens with zero attached hydrogens (tertiary/aromatic N) is 3. The highest BCUT2D eigenvalue weighted by molar-refractivity contribution is 7.16. The molecular weight excluding hydrogens is 271 g/mol. The van der Waals surface area contributed by atoms with Gasteiger partial charge in [0.05, 0.1) is 0 Å². The first-order valence-electron chi connectivity index (χ1n) is 4.92. The fraction of sp³-hybridized carbons (Fsp3) is 0.444. The van der Waals surface area contributed by atoms with Gasteiger partial charge in [-0.1, -0.05) is 11.3 Å². The summed E-state index contributed by atoms with van der Waals surface area (Å²) in [5, 5.41) is 10.9. The Hall–Kier alpha value is -1.48. The van der Waals surface area contributed by atoms with E-state index in [9.17, 15) is 18.0 Å². The molecule has 1 N–H and O–H groups in total. The van der Waals surface area contributed by atoms with Crippen LogP contribution in [0.3, 0.4) is 0 Å². The number of aromatic nitrogens is 3. The second-order valence-electron chi connectivity index (χ2n) is 3.55. The summed E-state index contributed by atoms with van der Waals surface area (Å²) in [6.45, 7) is 1.24. The maximum Gasteiger partial charge on any atom is 0.445 e. The molecule has 0 atom stereocenters. The van der Waals surface area contributed by atoms with Gasteiger partial charge in [0.1, 0.15) is 0 Å². The lowest BCUT2D eigenvalue weighted by Crippen LogP contribution is -2.23. The minimum absolute atomic E-state index is 0.0412. The van der Waals surface area contributed by atoms with Crippen LogP contribution >= 0.6 is 11.3 Å². The van der Waals surface area contributed by atoms with E-state index in [-0.39, 0.29) is 23.6 Å². The van der Waals surface area contributed by atoms with Crippen molar-refractivity contribution in [2.24, 2.45) is 0 Å². The zero-order chi connectivity index (χ0) is 13.5. The molecule has 0 aromatic carbocycles. The van der Waals surface area contributed by atoms with Crippen molar-refractivity contribution < 1.29 is 18.3 Å². The molecule has 5 nitrogen and oxygen atoms in total. The number of hydrogen-bond acceptors (Lipinski definition) is 5. The molecule has 0 bridgehead atoms. The summed E-state index contributed by atoms with van der Waals surface area (Å²) < 4.78 is 38.0. The smallest absolute Gasteiger partial charge is 0.396 e. The maximum atomic E-state index is 12.5. The van der Waals surface area contributed by atoms with Gasteiger partial charge in [0.2, 0.25) is 9.97 Å². The van der Waals surface area contributed by atoms with Gasteiger partial charge in [-0.3, -0.25) is 4.79 Å². The van der Waals surface area contributed by atoms with Gasteiger partial charge in [-0.05, 0) is 6.92 Å². The first-order chi connectivity index (χ1) is 8.34. The first kappa shape index (κ1) is 13.0. The van der Waals surface area contributed by atoms with Crippen molar-refractivity contribution in [3.63, 3.8) is 0 Å². The summed E-state index contributed by atoms with van der Waals surface area (Å²) in [6.07, 6.45) is -4.56. The standard InChI is InChI=1S/C9H8F3N3O2S/c1-4-5(2-3-16)6(17)15-8(13-4)18-7(14-15)9(10,11)12/h16H,2-3H2,1H3. The summed E-state index contributed by atoms with van der Waals surface area (Å²) in [7, 11) is 0. The average molecular weight is 279 g/mol. The SMILES string of the molecule is Cc1nc2sc(C(F)(F)F)nn2c(=O)c1CCO. The lowest BCUT2D eigenvalue weighted by atomic mass is 10.2. The highest BCUT2D eigenvalue weighted by atomic mass is 32.1. The molecule has 0 aliphatic heterocycles.